The second kappa shape index (κ2) is 7.00. The van der Waals surface area contributed by atoms with E-state index in [4.69, 9.17) is 10.2 Å². The van der Waals surface area contributed by atoms with E-state index in [1.165, 1.54) is 16.9 Å². The summed E-state index contributed by atoms with van der Waals surface area (Å²) in [5, 5.41) is 11.5. The van der Waals surface area contributed by atoms with Gasteiger partial charge >= 0.3 is 154 Å². The van der Waals surface area contributed by atoms with Gasteiger partial charge in [-0.25, -0.2) is 0 Å². The van der Waals surface area contributed by atoms with Crippen LogP contribution in [0.5, 0.6) is 0 Å². The van der Waals surface area contributed by atoms with Crippen molar-refractivity contribution in [3.8, 4) is 17.3 Å². The van der Waals surface area contributed by atoms with Gasteiger partial charge in [0.05, 0.1) is 0 Å². The van der Waals surface area contributed by atoms with Crippen LogP contribution in [0.15, 0.2) is 36.8 Å². The Hall–Kier alpha value is -2.77. The van der Waals surface area contributed by atoms with Crippen molar-refractivity contribution in [3.05, 3.63) is 42.4 Å². The van der Waals surface area contributed by atoms with Crippen LogP contribution in [0, 0.1) is 24.2 Å². The Bertz CT molecular complexity index is 1010. The van der Waals surface area contributed by atoms with Gasteiger partial charge in [-0.3, -0.25) is 0 Å². The van der Waals surface area contributed by atoms with E-state index in [1.54, 1.807) is 31.6 Å². The van der Waals surface area contributed by atoms with E-state index in [-0.39, 0.29) is 5.91 Å². The third-order valence-corrected chi connectivity index (χ3v) is 4.77. The number of nitrogens with one attached hydrogen (secondary N) is 1. The zero-order valence-corrected chi connectivity index (χ0v) is 16.2. The Kier molecular flexibility index (Phi) is 4.78. The fourth-order valence-corrected chi connectivity index (χ4v) is 3.18. The molecule has 1 amide bonds. The number of hydrogen-bond donors (Lipinski definition) is 1. The quantitative estimate of drug-likeness (QED) is 0.679. The van der Waals surface area contributed by atoms with Gasteiger partial charge in [0.1, 0.15) is 0 Å². The summed E-state index contributed by atoms with van der Waals surface area (Å²) in [6.07, 6.45) is 5.13. The SMILES string of the molecule is Cc1ccncc1-c1cc([AsH2])c2ncc(NC(=O)C(C)C#N)cc2n1. The molecule has 2 unspecified atom stereocenters. The number of aryl methyl sites for hydroxylation is 1. The molecule has 0 aliphatic heterocycles. The molecule has 0 saturated heterocycles. The molecule has 2 atom stereocenters. The molecule has 1 N–H and O–H groups in total. The van der Waals surface area contributed by atoms with Crippen LogP contribution in [0.1, 0.15) is 12.5 Å². The summed E-state index contributed by atoms with van der Waals surface area (Å²) >= 11 is 1.46. The summed E-state index contributed by atoms with van der Waals surface area (Å²) < 4.78 is 1.05. The summed E-state index contributed by atoms with van der Waals surface area (Å²) in [6.45, 7) is 3.57. The van der Waals surface area contributed by atoms with E-state index >= 15 is 0 Å². The van der Waals surface area contributed by atoms with Crippen LogP contribution in [0.2, 0.25) is 0 Å². The van der Waals surface area contributed by atoms with Gasteiger partial charge in [-0.05, 0) is 0 Å². The molecule has 0 bridgehead atoms. The summed E-state index contributed by atoms with van der Waals surface area (Å²) in [6, 6.07) is 7.65. The maximum absolute atomic E-state index is 11.9. The van der Waals surface area contributed by atoms with E-state index in [0.29, 0.717) is 11.2 Å². The molecule has 0 spiro atoms. The van der Waals surface area contributed by atoms with Gasteiger partial charge in [-0.1, -0.05) is 0 Å². The van der Waals surface area contributed by atoms with Crippen LogP contribution in [0.25, 0.3) is 22.3 Å². The van der Waals surface area contributed by atoms with Crippen molar-refractivity contribution < 1.29 is 4.79 Å². The van der Waals surface area contributed by atoms with Crippen LogP contribution in [-0.2, 0) is 4.79 Å². The van der Waals surface area contributed by atoms with Crippen molar-refractivity contribution in [2.75, 3.05) is 5.32 Å². The molecule has 124 valence electrons. The van der Waals surface area contributed by atoms with E-state index in [2.05, 4.69) is 15.3 Å². The Morgan fingerprint density at radius 1 is 1.36 bits per heavy atom. The van der Waals surface area contributed by atoms with Crippen LogP contribution in [0.3, 0.4) is 0 Å². The third kappa shape index (κ3) is 3.52. The second-order valence-electron chi connectivity index (χ2n) is 5.72. The molecule has 0 aliphatic carbocycles. The Labute approximate surface area is 153 Å². The molecule has 6 nitrogen and oxygen atoms in total. The van der Waals surface area contributed by atoms with E-state index in [1.807, 2.05) is 25.1 Å². The predicted octanol–water partition coefficient (Wildman–Crippen LogP) is 1.36. The minimum absolute atomic E-state index is 0.358. The molecular weight excluding hydrogens is 377 g/mol. The number of nitrogens with zero attached hydrogens (tertiary/aromatic N) is 4. The molecule has 3 rings (SSSR count). The number of carbonyl (C=O) groups excluding carboxylic acids is 1. The number of rotatable bonds is 3. The zero-order chi connectivity index (χ0) is 18.0. The number of amides is 1. The molecule has 3 aromatic rings. The molecule has 0 aliphatic rings. The first kappa shape index (κ1) is 17.1. The molecule has 0 aromatic carbocycles. The molecule has 0 saturated carbocycles. The second-order valence-corrected chi connectivity index (χ2v) is 7.02. The monoisotopic (exact) mass is 393 g/mol. The molecule has 7 heteroatoms. The van der Waals surface area contributed by atoms with Crippen LogP contribution in [-0.4, -0.2) is 37.7 Å². The van der Waals surface area contributed by atoms with Gasteiger partial charge < -0.3 is 0 Å². The standard InChI is InChI=1S/C18H16AsN5O/c1-10-3-4-21-9-13(10)15-6-14(19)17-16(24-15)5-12(8-22-17)23-18(25)11(2)7-20/h3-6,8-9,11H,19H2,1-2H3,(H,23,25). The van der Waals surface area contributed by atoms with Gasteiger partial charge in [0.25, 0.3) is 0 Å². The topological polar surface area (TPSA) is 91.6 Å². The van der Waals surface area contributed by atoms with Gasteiger partial charge in [0.15, 0.2) is 0 Å². The van der Waals surface area contributed by atoms with Crippen LogP contribution < -0.4 is 9.67 Å². The summed E-state index contributed by atoms with van der Waals surface area (Å²) in [5.41, 5.74) is 4.91. The van der Waals surface area contributed by atoms with Gasteiger partial charge in [-0.15, -0.1) is 0 Å². The normalized spacial score (nSPS) is 11.8. The average molecular weight is 393 g/mol. The Morgan fingerprint density at radius 2 is 2.16 bits per heavy atom. The Balaban J connectivity index is 2.05. The number of nitriles is 1. The van der Waals surface area contributed by atoms with Crippen LogP contribution >= 0.6 is 0 Å². The number of pyridine rings is 3. The number of hydrogen-bond acceptors (Lipinski definition) is 5. The van der Waals surface area contributed by atoms with Crippen molar-refractivity contribution in [1.82, 2.24) is 15.0 Å². The maximum atomic E-state index is 11.9. The Morgan fingerprint density at radius 3 is 2.88 bits per heavy atom. The van der Waals surface area contributed by atoms with Crippen molar-refractivity contribution in [2.24, 2.45) is 5.92 Å². The molecular formula is C18H16AsN5O. The van der Waals surface area contributed by atoms with E-state index in [9.17, 15) is 4.79 Å². The average Bonchev–Trinajstić information content (AvgIpc) is 2.61. The van der Waals surface area contributed by atoms with E-state index in [0.717, 1.165) is 26.7 Å². The first-order chi connectivity index (χ1) is 12.0. The van der Waals surface area contributed by atoms with Crippen molar-refractivity contribution in [2.45, 2.75) is 13.8 Å². The van der Waals surface area contributed by atoms with Crippen molar-refractivity contribution in [3.63, 3.8) is 0 Å². The van der Waals surface area contributed by atoms with Crippen LogP contribution in [0.4, 0.5) is 5.69 Å². The molecule has 3 heterocycles. The van der Waals surface area contributed by atoms with Gasteiger partial charge in [0, 0.05) is 0 Å². The van der Waals surface area contributed by atoms with Crippen molar-refractivity contribution >= 4 is 43.8 Å². The molecule has 0 fully saturated rings. The molecule has 3 aromatic heterocycles. The summed E-state index contributed by atoms with van der Waals surface area (Å²) in [5.74, 6) is -1.08. The van der Waals surface area contributed by atoms with Crippen molar-refractivity contribution in [1.29, 1.82) is 5.26 Å². The summed E-state index contributed by atoms with van der Waals surface area (Å²) in [4.78, 5) is 25.2. The number of aromatic nitrogens is 3. The number of anilines is 1. The van der Waals surface area contributed by atoms with Gasteiger partial charge in [-0.2, -0.15) is 0 Å². The fourth-order valence-electron chi connectivity index (χ4n) is 2.39. The minimum atomic E-state index is -0.724. The first-order valence-corrected chi connectivity index (χ1v) is 8.88. The first-order valence-electron chi connectivity index (χ1n) is 7.67. The third-order valence-electron chi connectivity index (χ3n) is 3.84. The fraction of sp³-hybridized carbons (Fsp3) is 0.167. The number of carbonyl (C=O) groups is 1. The zero-order valence-electron chi connectivity index (χ0n) is 13.8. The van der Waals surface area contributed by atoms with E-state index < -0.39 is 5.92 Å². The molecule has 25 heavy (non-hydrogen) atoms. The predicted molar refractivity (Wildman–Crippen MR) is 99.1 cm³/mol. The summed E-state index contributed by atoms with van der Waals surface area (Å²) in [7, 11) is 0. The number of fused-ring (bicyclic) bond motifs is 1. The molecule has 0 radical (unpaired) electrons. The van der Waals surface area contributed by atoms with Gasteiger partial charge in [0.2, 0.25) is 0 Å².